The summed E-state index contributed by atoms with van der Waals surface area (Å²) in [7, 11) is 1.71. The van der Waals surface area contributed by atoms with Gasteiger partial charge in [0.25, 0.3) is 5.43 Å². The first-order valence-corrected chi connectivity index (χ1v) is 7.90. The summed E-state index contributed by atoms with van der Waals surface area (Å²) in [6.07, 6.45) is 0. The second-order valence-electron chi connectivity index (χ2n) is 5.34. The number of ether oxygens (including phenoxy) is 2. The zero-order valence-corrected chi connectivity index (χ0v) is 14.2. The average Bonchev–Trinajstić information content (AvgIpc) is 2.88. The highest BCUT2D eigenvalue weighted by Gasteiger charge is 2.32. The van der Waals surface area contributed by atoms with Crippen molar-refractivity contribution in [2.75, 3.05) is 13.2 Å². The molecule has 2 aromatic heterocycles. The first kappa shape index (κ1) is 16.7. The Kier molecular flexibility index (Phi) is 4.26. The van der Waals surface area contributed by atoms with E-state index in [4.69, 9.17) is 9.47 Å². The minimum absolute atomic E-state index is 0.0842. The van der Waals surface area contributed by atoms with E-state index < -0.39 is 17.4 Å². The van der Waals surface area contributed by atoms with E-state index in [1.807, 2.05) is 18.2 Å². The highest BCUT2D eigenvalue weighted by atomic mass is 16.5. The molecule has 2 heterocycles. The lowest BCUT2D eigenvalue weighted by atomic mass is 10.2. The van der Waals surface area contributed by atoms with Crippen LogP contribution in [0.2, 0.25) is 0 Å². The lowest BCUT2D eigenvalue weighted by Crippen LogP contribution is -2.36. The van der Waals surface area contributed by atoms with E-state index in [2.05, 4.69) is 5.10 Å². The molecule has 0 unspecified atom stereocenters. The Morgan fingerprint density at radius 3 is 2.44 bits per heavy atom. The van der Waals surface area contributed by atoms with Gasteiger partial charge in [0.2, 0.25) is 5.52 Å². The Morgan fingerprint density at radius 1 is 1.12 bits per heavy atom. The van der Waals surface area contributed by atoms with Gasteiger partial charge in [-0.25, -0.2) is 19.3 Å². The number of para-hydroxylation sites is 2. The molecule has 0 aliphatic heterocycles. The van der Waals surface area contributed by atoms with Crippen LogP contribution in [0, 0.1) is 0 Å². The Hall–Kier alpha value is -3.16. The normalized spacial score (nSPS) is 11.0. The van der Waals surface area contributed by atoms with E-state index in [9.17, 15) is 14.4 Å². The molecule has 0 spiro atoms. The summed E-state index contributed by atoms with van der Waals surface area (Å²) >= 11 is 0. The molecule has 0 aliphatic carbocycles. The Labute approximate surface area is 142 Å². The van der Waals surface area contributed by atoms with Crippen molar-refractivity contribution in [3.63, 3.8) is 0 Å². The van der Waals surface area contributed by atoms with Gasteiger partial charge in [-0.3, -0.25) is 4.79 Å². The molecule has 8 heteroatoms. The van der Waals surface area contributed by atoms with E-state index in [0.29, 0.717) is 5.52 Å². The van der Waals surface area contributed by atoms with Gasteiger partial charge in [0.05, 0.1) is 20.3 Å². The number of esters is 2. The van der Waals surface area contributed by atoms with Crippen LogP contribution in [0.4, 0.5) is 0 Å². The Morgan fingerprint density at radius 2 is 1.76 bits per heavy atom. The molecule has 3 rings (SSSR count). The van der Waals surface area contributed by atoms with E-state index in [-0.39, 0.29) is 30.1 Å². The summed E-state index contributed by atoms with van der Waals surface area (Å²) in [4.78, 5) is 37.6. The minimum atomic E-state index is -0.862. The van der Waals surface area contributed by atoms with Gasteiger partial charge in [-0.1, -0.05) is 12.1 Å². The maximum atomic E-state index is 13.0. The fourth-order valence-corrected chi connectivity index (χ4v) is 2.82. The summed E-state index contributed by atoms with van der Waals surface area (Å²) in [6, 6.07) is 7.29. The van der Waals surface area contributed by atoms with Crippen LogP contribution in [-0.2, 0) is 16.5 Å². The maximum absolute atomic E-state index is 13.0. The number of aromatic nitrogens is 3. The lowest BCUT2D eigenvalue weighted by molar-refractivity contribution is -0.619. The third-order valence-corrected chi connectivity index (χ3v) is 3.88. The van der Waals surface area contributed by atoms with Crippen molar-refractivity contribution in [3.05, 3.63) is 45.7 Å². The number of aromatic amines is 1. The standard InChI is InChI=1S/C17H17N3O5/c1-4-24-16(22)12-13(17(23)25-5-2)18-20-11-9-7-6-8-10(11)19(3)15(20)14(12)21/h6-9H,4-5H2,1-3H3/p+1. The number of hydrogen-bond donors (Lipinski definition) is 1. The minimum Gasteiger partial charge on any atom is -0.462 e. The summed E-state index contributed by atoms with van der Waals surface area (Å²) in [5.41, 5.74) is 0.506. The van der Waals surface area contributed by atoms with Gasteiger partial charge in [-0.2, -0.15) is 0 Å². The second kappa shape index (κ2) is 6.39. The molecule has 0 atom stereocenters. The van der Waals surface area contributed by atoms with Crippen molar-refractivity contribution in [3.8, 4) is 0 Å². The van der Waals surface area contributed by atoms with Gasteiger partial charge in [0, 0.05) is 0 Å². The van der Waals surface area contributed by atoms with Crippen LogP contribution in [0.1, 0.15) is 34.7 Å². The molecule has 0 radical (unpaired) electrons. The van der Waals surface area contributed by atoms with Crippen molar-refractivity contribution < 1.29 is 23.6 Å². The number of carbonyl (C=O) groups excluding carboxylic acids is 2. The number of benzene rings is 1. The largest absolute Gasteiger partial charge is 0.462 e. The molecular weight excluding hydrogens is 326 g/mol. The van der Waals surface area contributed by atoms with E-state index in [1.165, 1.54) is 4.52 Å². The van der Waals surface area contributed by atoms with Gasteiger partial charge < -0.3 is 9.47 Å². The smallest absolute Gasteiger partial charge is 0.359 e. The molecule has 8 nitrogen and oxygen atoms in total. The lowest BCUT2D eigenvalue weighted by Gasteiger charge is -2.06. The molecule has 0 aliphatic rings. The van der Waals surface area contributed by atoms with E-state index >= 15 is 0 Å². The second-order valence-corrected chi connectivity index (χ2v) is 5.34. The number of nitrogens with zero attached hydrogens (tertiary/aromatic N) is 2. The molecule has 3 aromatic rings. The molecule has 0 fully saturated rings. The average molecular weight is 344 g/mol. The summed E-state index contributed by atoms with van der Waals surface area (Å²) in [5, 5.41) is 2.84. The van der Waals surface area contributed by atoms with Crippen LogP contribution >= 0.6 is 0 Å². The van der Waals surface area contributed by atoms with Gasteiger partial charge in [-0.05, 0) is 26.0 Å². The van der Waals surface area contributed by atoms with Crippen molar-refractivity contribution in [2.45, 2.75) is 13.8 Å². The van der Waals surface area contributed by atoms with Crippen LogP contribution in [0.15, 0.2) is 29.1 Å². The van der Waals surface area contributed by atoms with Crippen molar-refractivity contribution in [1.82, 2.24) is 9.61 Å². The first-order valence-electron chi connectivity index (χ1n) is 7.90. The van der Waals surface area contributed by atoms with E-state index in [0.717, 1.165) is 5.52 Å². The fourth-order valence-electron chi connectivity index (χ4n) is 2.82. The molecule has 130 valence electrons. The third kappa shape index (κ3) is 2.55. The van der Waals surface area contributed by atoms with Gasteiger partial charge in [0.15, 0.2) is 11.2 Å². The SMILES string of the molecule is CCOC(=O)c1[nH]n2c3ccccc3[n+](C)c2c(=O)c1C(=O)OCC. The van der Waals surface area contributed by atoms with Crippen molar-refractivity contribution >= 4 is 28.6 Å². The van der Waals surface area contributed by atoms with E-state index in [1.54, 1.807) is 31.5 Å². The maximum Gasteiger partial charge on any atom is 0.359 e. The molecule has 0 saturated heterocycles. The topological polar surface area (TPSA) is 93.8 Å². The molecular formula is C17H18N3O5+. The number of H-pyrrole nitrogens is 1. The number of nitrogens with one attached hydrogen (secondary N) is 1. The fraction of sp³-hybridized carbons (Fsp3) is 0.294. The first-order chi connectivity index (χ1) is 12.0. The molecule has 0 bridgehead atoms. The molecule has 1 aromatic carbocycles. The van der Waals surface area contributed by atoms with Crippen LogP contribution in [-0.4, -0.2) is 34.8 Å². The van der Waals surface area contributed by atoms with Gasteiger partial charge in [-0.15, -0.1) is 4.52 Å². The van der Waals surface area contributed by atoms with Crippen molar-refractivity contribution in [2.24, 2.45) is 7.05 Å². The van der Waals surface area contributed by atoms with Crippen LogP contribution in [0.25, 0.3) is 16.7 Å². The predicted molar refractivity (Wildman–Crippen MR) is 88.6 cm³/mol. The number of hydrogen-bond acceptors (Lipinski definition) is 5. The van der Waals surface area contributed by atoms with Crippen LogP contribution < -0.4 is 10.00 Å². The number of aryl methyl sites for hydroxylation is 1. The summed E-state index contributed by atoms with van der Waals surface area (Å²) in [6.45, 7) is 3.46. The third-order valence-electron chi connectivity index (χ3n) is 3.88. The highest BCUT2D eigenvalue weighted by molar-refractivity contribution is 6.02. The zero-order valence-electron chi connectivity index (χ0n) is 14.2. The summed E-state index contributed by atoms with van der Waals surface area (Å²) in [5.74, 6) is -1.65. The van der Waals surface area contributed by atoms with Gasteiger partial charge >= 0.3 is 17.6 Å². The Balaban J connectivity index is 2.44. The van der Waals surface area contributed by atoms with Crippen molar-refractivity contribution in [1.29, 1.82) is 0 Å². The molecule has 25 heavy (non-hydrogen) atoms. The summed E-state index contributed by atoms with van der Waals surface area (Å²) < 4.78 is 13.1. The quantitative estimate of drug-likeness (QED) is 0.562. The van der Waals surface area contributed by atoms with Crippen LogP contribution in [0.3, 0.4) is 0 Å². The van der Waals surface area contributed by atoms with Crippen LogP contribution in [0.5, 0.6) is 0 Å². The molecule has 0 amide bonds. The Bertz CT molecular complexity index is 1050. The number of imidazole rings is 1. The molecule has 1 N–H and O–H groups in total. The number of fused-ring (bicyclic) bond motifs is 3. The number of rotatable bonds is 4. The zero-order chi connectivity index (χ0) is 18.1. The van der Waals surface area contributed by atoms with Gasteiger partial charge in [0.1, 0.15) is 5.56 Å². The molecule has 0 saturated carbocycles. The highest BCUT2D eigenvalue weighted by Crippen LogP contribution is 2.14. The monoisotopic (exact) mass is 344 g/mol. The number of carbonyl (C=O) groups is 2. The predicted octanol–water partition coefficient (Wildman–Crippen LogP) is 0.959.